The second kappa shape index (κ2) is 16.2. The summed E-state index contributed by atoms with van der Waals surface area (Å²) in [6.07, 6.45) is 17.8. The number of para-hydroxylation sites is 2. The SMILES string of the molecule is CCCCC/C=C\CC[C@H](O)CCCCCCCC(=O)Nc1ccccc1N. The van der Waals surface area contributed by atoms with Gasteiger partial charge in [-0.15, -0.1) is 0 Å². The summed E-state index contributed by atoms with van der Waals surface area (Å²) in [6, 6.07) is 7.33. The number of aliphatic hydroxyl groups excluding tert-OH is 1. The minimum Gasteiger partial charge on any atom is -0.397 e. The Hall–Kier alpha value is -1.81. The predicted molar refractivity (Wildman–Crippen MR) is 120 cm³/mol. The highest BCUT2D eigenvalue weighted by atomic mass is 16.3. The van der Waals surface area contributed by atoms with E-state index in [0.717, 1.165) is 51.4 Å². The third-order valence-electron chi connectivity index (χ3n) is 4.98. The molecule has 0 bridgehead atoms. The summed E-state index contributed by atoms with van der Waals surface area (Å²) in [6.45, 7) is 2.22. The Morgan fingerprint density at radius 3 is 2.50 bits per heavy atom. The summed E-state index contributed by atoms with van der Waals surface area (Å²) in [4.78, 5) is 11.9. The summed E-state index contributed by atoms with van der Waals surface area (Å²) in [7, 11) is 0. The smallest absolute Gasteiger partial charge is 0.224 e. The van der Waals surface area contributed by atoms with E-state index in [9.17, 15) is 9.90 Å². The van der Waals surface area contributed by atoms with Crippen LogP contribution >= 0.6 is 0 Å². The fourth-order valence-corrected chi connectivity index (χ4v) is 3.20. The maximum Gasteiger partial charge on any atom is 0.224 e. The normalized spacial score (nSPS) is 12.4. The molecule has 1 aromatic carbocycles. The fourth-order valence-electron chi connectivity index (χ4n) is 3.20. The first-order valence-electron chi connectivity index (χ1n) is 11.1. The van der Waals surface area contributed by atoms with Gasteiger partial charge in [0.25, 0.3) is 0 Å². The summed E-state index contributed by atoms with van der Waals surface area (Å²) in [5.41, 5.74) is 7.12. The molecule has 0 saturated heterocycles. The highest BCUT2D eigenvalue weighted by Gasteiger charge is 2.05. The molecule has 1 rings (SSSR count). The third kappa shape index (κ3) is 12.6. The molecule has 0 heterocycles. The number of carbonyl (C=O) groups excluding carboxylic acids is 1. The second-order valence-electron chi connectivity index (χ2n) is 7.64. The molecule has 0 saturated carbocycles. The molecule has 0 radical (unpaired) electrons. The Bertz CT molecular complexity index is 557. The lowest BCUT2D eigenvalue weighted by Gasteiger charge is -2.09. The van der Waals surface area contributed by atoms with Crippen molar-refractivity contribution >= 4 is 17.3 Å². The number of nitrogens with one attached hydrogen (secondary N) is 1. The molecule has 0 aromatic heterocycles. The van der Waals surface area contributed by atoms with Crippen LogP contribution in [-0.4, -0.2) is 17.1 Å². The number of allylic oxidation sites excluding steroid dienone is 2. The van der Waals surface area contributed by atoms with Crippen LogP contribution in [0.15, 0.2) is 36.4 Å². The van der Waals surface area contributed by atoms with E-state index in [-0.39, 0.29) is 12.0 Å². The van der Waals surface area contributed by atoms with Crippen molar-refractivity contribution in [2.24, 2.45) is 0 Å². The number of aliphatic hydroxyl groups is 1. The summed E-state index contributed by atoms with van der Waals surface area (Å²) in [5.74, 6) is 0.0241. The summed E-state index contributed by atoms with van der Waals surface area (Å²) in [5, 5.41) is 12.9. The van der Waals surface area contributed by atoms with E-state index in [1.54, 1.807) is 6.07 Å². The Balaban J connectivity index is 1.94. The zero-order valence-corrected chi connectivity index (χ0v) is 17.7. The van der Waals surface area contributed by atoms with Crippen molar-refractivity contribution in [1.29, 1.82) is 0 Å². The number of unbranched alkanes of at least 4 members (excludes halogenated alkanes) is 7. The zero-order chi connectivity index (χ0) is 20.5. The van der Waals surface area contributed by atoms with Crippen LogP contribution in [0.3, 0.4) is 0 Å². The van der Waals surface area contributed by atoms with E-state index >= 15 is 0 Å². The standard InChI is InChI=1S/C24H40N2O2/c1-2-3-4-5-6-8-11-16-21(27)17-12-9-7-10-13-20-24(28)26-23-19-15-14-18-22(23)25/h6,8,14-15,18-19,21,27H,2-5,7,9-13,16-17,20,25H2,1H3,(H,26,28)/b8-6-/t21-/m0/s1. The van der Waals surface area contributed by atoms with Gasteiger partial charge in [-0.05, 0) is 50.7 Å². The first-order chi connectivity index (χ1) is 13.6. The number of hydrogen-bond acceptors (Lipinski definition) is 3. The minimum atomic E-state index is -0.178. The van der Waals surface area contributed by atoms with Gasteiger partial charge in [-0.1, -0.05) is 69.7 Å². The van der Waals surface area contributed by atoms with Crippen molar-refractivity contribution in [1.82, 2.24) is 0 Å². The van der Waals surface area contributed by atoms with Gasteiger partial charge < -0.3 is 16.2 Å². The highest BCUT2D eigenvalue weighted by Crippen LogP contribution is 2.17. The molecule has 158 valence electrons. The van der Waals surface area contributed by atoms with Gasteiger partial charge in [0, 0.05) is 6.42 Å². The molecule has 1 amide bonds. The van der Waals surface area contributed by atoms with Gasteiger partial charge >= 0.3 is 0 Å². The maximum absolute atomic E-state index is 11.9. The number of benzene rings is 1. The number of nitrogens with two attached hydrogens (primary N) is 1. The van der Waals surface area contributed by atoms with Crippen molar-refractivity contribution < 1.29 is 9.90 Å². The van der Waals surface area contributed by atoms with Crippen LogP contribution < -0.4 is 11.1 Å². The number of hydrogen-bond donors (Lipinski definition) is 3. The van der Waals surface area contributed by atoms with E-state index in [4.69, 9.17) is 5.73 Å². The van der Waals surface area contributed by atoms with E-state index in [2.05, 4.69) is 24.4 Å². The average Bonchev–Trinajstić information content (AvgIpc) is 2.68. The van der Waals surface area contributed by atoms with Crippen LogP contribution in [-0.2, 0) is 4.79 Å². The molecule has 0 fully saturated rings. The van der Waals surface area contributed by atoms with Crippen molar-refractivity contribution in [3.8, 4) is 0 Å². The van der Waals surface area contributed by atoms with Gasteiger partial charge in [-0.3, -0.25) is 4.79 Å². The predicted octanol–water partition coefficient (Wildman–Crippen LogP) is 6.22. The molecule has 0 spiro atoms. The number of rotatable bonds is 16. The van der Waals surface area contributed by atoms with E-state index in [1.165, 1.54) is 25.7 Å². The Labute approximate surface area is 171 Å². The van der Waals surface area contributed by atoms with Crippen LogP contribution in [0.4, 0.5) is 11.4 Å². The number of nitrogen functional groups attached to an aromatic ring is 1. The average molecular weight is 389 g/mol. The molecular formula is C24H40N2O2. The van der Waals surface area contributed by atoms with Gasteiger partial charge in [-0.2, -0.15) is 0 Å². The topological polar surface area (TPSA) is 75.3 Å². The fraction of sp³-hybridized carbons (Fsp3) is 0.625. The molecule has 0 unspecified atom stereocenters. The monoisotopic (exact) mass is 388 g/mol. The summed E-state index contributed by atoms with van der Waals surface area (Å²) >= 11 is 0. The van der Waals surface area contributed by atoms with Gasteiger partial charge in [0.15, 0.2) is 0 Å². The van der Waals surface area contributed by atoms with Crippen LogP contribution in [0.1, 0.15) is 90.4 Å². The summed E-state index contributed by atoms with van der Waals surface area (Å²) < 4.78 is 0. The number of carbonyl (C=O) groups is 1. The first-order valence-corrected chi connectivity index (χ1v) is 11.1. The largest absolute Gasteiger partial charge is 0.397 e. The number of amides is 1. The van der Waals surface area contributed by atoms with E-state index in [1.807, 2.05) is 18.2 Å². The van der Waals surface area contributed by atoms with Crippen molar-refractivity contribution in [2.75, 3.05) is 11.1 Å². The van der Waals surface area contributed by atoms with Gasteiger partial charge in [0.2, 0.25) is 5.91 Å². The molecular weight excluding hydrogens is 348 g/mol. The lowest BCUT2D eigenvalue weighted by Crippen LogP contribution is -2.12. The molecule has 1 aromatic rings. The maximum atomic E-state index is 11.9. The molecule has 4 heteroatoms. The van der Waals surface area contributed by atoms with Crippen LogP contribution in [0.25, 0.3) is 0 Å². The second-order valence-corrected chi connectivity index (χ2v) is 7.64. The van der Waals surface area contributed by atoms with Gasteiger partial charge in [0.05, 0.1) is 17.5 Å². The van der Waals surface area contributed by atoms with Crippen molar-refractivity contribution in [2.45, 2.75) is 96.5 Å². The minimum absolute atomic E-state index is 0.0241. The molecule has 4 N–H and O–H groups in total. The molecule has 0 aliphatic rings. The Morgan fingerprint density at radius 2 is 1.71 bits per heavy atom. The van der Waals surface area contributed by atoms with Crippen LogP contribution in [0.5, 0.6) is 0 Å². The highest BCUT2D eigenvalue weighted by molar-refractivity contribution is 5.93. The van der Waals surface area contributed by atoms with Crippen LogP contribution in [0, 0.1) is 0 Å². The van der Waals surface area contributed by atoms with Crippen molar-refractivity contribution in [3.05, 3.63) is 36.4 Å². The first kappa shape index (κ1) is 24.2. The van der Waals surface area contributed by atoms with Crippen LogP contribution in [0.2, 0.25) is 0 Å². The van der Waals surface area contributed by atoms with Gasteiger partial charge in [-0.25, -0.2) is 0 Å². The third-order valence-corrected chi connectivity index (χ3v) is 4.98. The number of anilines is 2. The van der Waals surface area contributed by atoms with E-state index in [0.29, 0.717) is 17.8 Å². The molecule has 0 aliphatic heterocycles. The van der Waals surface area contributed by atoms with E-state index < -0.39 is 0 Å². The quantitative estimate of drug-likeness (QED) is 0.179. The molecule has 1 atom stereocenters. The Kier molecular flexibility index (Phi) is 14.0. The Morgan fingerprint density at radius 1 is 1.00 bits per heavy atom. The molecule has 4 nitrogen and oxygen atoms in total. The zero-order valence-electron chi connectivity index (χ0n) is 17.7. The van der Waals surface area contributed by atoms with Gasteiger partial charge in [0.1, 0.15) is 0 Å². The molecule has 0 aliphatic carbocycles. The molecule has 28 heavy (non-hydrogen) atoms. The lowest BCUT2D eigenvalue weighted by atomic mass is 10.0. The van der Waals surface area contributed by atoms with Crippen molar-refractivity contribution in [3.63, 3.8) is 0 Å². The lowest BCUT2D eigenvalue weighted by molar-refractivity contribution is -0.116.